The quantitative estimate of drug-likeness (QED) is 0.769. The second kappa shape index (κ2) is 8.75. The Hall–Kier alpha value is -1.71. The van der Waals surface area contributed by atoms with Crippen LogP contribution < -0.4 is 10.2 Å². The molecule has 2 aliphatic heterocycles. The van der Waals surface area contributed by atoms with Crippen LogP contribution in [0.15, 0.2) is 18.3 Å². The average molecular weight is 411 g/mol. The van der Waals surface area contributed by atoms with Gasteiger partial charge in [-0.3, -0.25) is 4.79 Å². The number of pyridine rings is 1. The molecule has 2 fully saturated rings. The first-order chi connectivity index (χ1) is 13.3. The summed E-state index contributed by atoms with van der Waals surface area (Å²) in [6.45, 7) is 7.86. The molecule has 3 unspecified atom stereocenters. The van der Waals surface area contributed by atoms with Gasteiger partial charge in [-0.25, -0.2) is 13.4 Å². The second-order valence-corrected chi connectivity index (χ2v) is 9.68. The van der Waals surface area contributed by atoms with E-state index in [9.17, 15) is 13.2 Å². The van der Waals surface area contributed by atoms with Crippen LogP contribution >= 0.6 is 0 Å². The molecule has 0 aliphatic carbocycles. The van der Waals surface area contributed by atoms with Crippen LogP contribution in [0.5, 0.6) is 0 Å². The van der Waals surface area contributed by atoms with E-state index in [4.69, 9.17) is 4.74 Å². The number of nitrogens with one attached hydrogen (secondary N) is 1. The third-order valence-corrected chi connectivity index (χ3v) is 7.16. The van der Waals surface area contributed by atoms with E-state index in [1.807, 2.05) is 32.9 Å². The first kappa shape index (κ1) is 21.0. The molecule has 0 aromatic carbocycles. The molecule has 8 nitrogen and oxygen atoms in total. The van der Waals surface area contributed by atoms with Crippen molar-refractivity contribution in [1.29, 1.82) is 0 Å². The number of ether oxygens (including phenoxy) is 1. The smallest absolute Gasteiger partial charge is 0.242 e. The van der Waals surface area contributed by atoms with Gasteiger partial charge in [-0.15, -0.1) is 0 Å². The summed E-state index contributed by atoms with van der Waals surface area (Å²) in [7, 11) is -3.39. The van der Waals surface area contributed by atoms with Crippen LogP contribution in [-0.2, 0) is 19.6 Å². The lowest BCUT2D eigenvalue weighted by Crippen LogP contribution is -2.45. The van der Waals surface area contributed by atoms with Gasteiger partial charge in [-0.1, -0.05) is 6.92 Å². The lowest BCUT2D eigenvalue weighted by molar-refractivity contribution is -0.119. The normalized spacial score (nSPS) is 26.4. The number of rotatable bonds is 6. The standard InChI is InChI=1S/C19H30N4O4S/c1-4-10-28(25,26)23-9-5-6-17(23)19(24)21-16-7-8-18(20-11-16)22-12-14(2)27-15(3)13-22/h7-8,11,14-15,17H,4-6,9-10,12-13H2,1-3H3,(H,21,24). The van der Waals surface area contributed by atoms with Gasteiger partial charge in [0.25, 0.3) is 0 Å². The van der Waals surface area contributed by atoms with Crippen LogP contribution in [0.1, 0.15) is 40.0 Å². The molecule has 1 amide bonds. The van der Waals surface area contributed by atoms with Crippen molar-refractivity contribution in [3.05, 3.63) is 18.3 Å². The van der Waals surface area contributed by atoms with E-state index in [1.165, 1.54) is 4.31 Å². The number of hydrogen-bond donors (Lipinski definition) is 1. The van der Waals surface area contributed by atoms with E-state index in [2.05, 4.69) is 15.2 Å². The summed E-state index contributed by atoms with van der Waals surface area (Å²) >= 11 is 0. The minimum atomic E-state index is -3.39. The van der Waals surface area contributed by atoms with Crippen molar-refractivity contribution in [3.63, 3.8) is 0 Å². The molecule has 0 saturated carbocycles. The maximum atomic E-state index is 12.7. The Kier molecular flexibility index (Phi) is 6.57. The molecule has 9 heteroatoms. The zero-order valence-electron chi connectivity index (χ0n) is 16.8. The molecule has 0 radical (unpaired) electrons. The second-order valence-electron chi connectivity index (χ2n) is 7.64. The number of morpholine rings is 1. The molecule has 2 saturated heterocycles. The zero-order valence-corrected chi connectivity index (χ0v) is 17.6. The first-order valence-electron chi connectivity index (χ1n) is 9.97. The van der Waals surface area contributed by atoms with Gasteiger partial charge in [0.2, 0.25) is 15.9 Å². The van der Waals surface area contributed by atoms with Gasteiger partial charge < -0.3 is 15.0 Å². The fraction of sp³-hybridized carbons (Fsp3) is 0.684. The SMILES string of the molecule is CCCS(=O)(=O)N1CCCC1C(=O)Nc1ccc(N2CC(C)OC(C)C2)nc1. The first-order valence-corrected chi connectivity index (χ1v) is 11.6. The Bertz CT molecular complexity index is 774. The number of sulfonamides is 1. The highest BCUT2D eigenvalue weighted by Crippen LogP contribution is 2.24. The molecule has 2 aliphatic rings. The van der Waals surface area contributed by atoms with E-state index >= 15 is 0 Å². The summed E-state index contributed by atoms with van der Waals surface area (Å²) in [6.07, 6.45) is 3.69. The van der Waals surface area contributed by atoms with Crippen LogP contribution in [0.3, 0.4) is 0 Å². The van der Waals surface area contributed by atoms with Crippen molar-refractivity contribution in [3.8, 4) is 0 Å². The van der Waals surface area contributed by atoms with E-state index < -0.39 is 16.1 Å². The maximum Gasteiger partial charge on any atom is 0.242 e. The number of hydrogen-bond acceptors (Lipinski definition) is 6. The number of carbonyl (C=O) groups excluding carboxylic acids is 1. The lowest BCUT2D eigenvalue weighted by Gasteiger charge is -2.36. The number of carbonyl (C=O) groups is 1. The number of amides is 1. The molecule has 28 heavy (non-hydrogen) atoms. The number of aromatic nitrogens is 1. The highest BCUT2D eigenvalue weighted by atomic mass is 32.2. The molecule has 3 heterocycles. The summed E-state index contributed by atoms with van der Waals surface area (Å²) in [5.74, 6) is 0.622. The van der Waals surface area contributed by atoms with Crippen LogP contribution in [0, 0.1) is 0 Å². The molecule has 1 aromatic heterocycles. The number of anilines is 2. The van der Waals surface area contributed by atoms with E-state index in [0.717, 1.165) is 18.9 Å². The highest BCUT2D eigenvalue weighted by molar-refractivity contribution is 7.89. The molecule has 3 rings (SSSR count). The molecule has 1 N–H and O–H groups in total. The molecule has 1 aromatic rings. The molecule has 0 spiro atoms. The predicted octanol–water partition coefficient (Wildman–Crippen LogP) is 1.84. The van der Waals surface area contributed by atoms with Crippen molar-refractivity contribution >= 4 is 27.4 Å². The molecular formula is C19H30N4O4S. The van der Waals surface area contributed by atoms with Crippen LogP contribution in [0.25, 0.3) is 0 Å². The van der Waals surface area contributed by atoms with Crippen molar-refractivity contribution < 1.29 is 17.9 Å². The van der Waals surface area contributed by atoms with E-state index in [0.29, 0.717) is 31.5 Å². The topological polar surface area (TPSA) is 91.8 Å². The summed E-state index contributed by atoms with van der Waals surface area (Å²) in [6, 6.07) is 3.04. The third-order valence-electron chi connectivity index (χ3n) is 5.08. The monoisotopic (exact) mass is 410 g/mol. The van der Waals surface area contributed by atoms with Crippen LogP contribution in [0.2, 0.25) is 0 Å². The summed E-state index contributed by atoms with van der Waals surface area (Å²) in [5.41, 5.74) is 0.572. The van der Waals surface area contributed by atoms with E-state index in [1.54, 1.807) is 6.20 Å². The fourth-order valence-corrected chi connectivity index (χ4v) is 5.69. The van der Waals surface area contributed by atoms with E-state index in [-0.39, 0.29) is 23.9 Å². The van der Waals surface area contributed by atoms with Crippen molar-refractivity contribution in [2.24, 2.45) is 0 Å². The molecule has 0 bridgehead atoms. The third kappa shape index (κ3) is 4.82. The van der Waals surface area contributed by atoms with Gasteiger partial charge >= 0.3 is 0 Å². The van der Waals surface area contributed by atoms with Crippen LogP contribution in [0.4, 0.5) is 11.5 Å². The van der Waals surface area contributed by atoms with Crippen molar-refractivity contribution in [1.82, 2.24) is 9.29 Å². The summed E-state index contributed by atoms with van der Waals surface area (Å²) < 4.78 is 31.9. The average Bonchev–Trinajstić information content (AvgIpc) is 3.12. The zero-order chi connectivity index (χ0) is 20.3. The molecule has 156 valence electrons. The van der Waals surface area contributed by atoms with Gasteiger partial charge in [0.15, 0.2) is 0 Å². The lowest BCUT2D eigenvalue weighted by atomic mass is 10.2. The minimum Gasteiger partial charge on any atom is -0.372 e. The van der Waals surface area contributed by atoms with Crippen molar-refractivity contribution in [2.75, 3.05) is 35.6 Å². The van der Waals surface area contributed by atoms with Crippen molar-refractivity contribution in [2.45, 2.75) is 58.3 Å². The number of nitrogens with zero attached hydrogens (tertiary/aromatic N) is 3. The Labute approximate surface area is 167 Å². The minimum absolute atomic E-state index is 0.0728. The Morgan fingerprint density at radius 3 is 2.61 bits per heavy atom. The maximum absolute atomic E-state index is 12.7. The largest absolute Gasteiger partial charge is 0.372 e. The van der Waals surface area contributed by atoms with Gasteiger partial charge in [0, 0.05) is 19.6 Å². The highest BCUT2D eigenvalue weighted by Gasteiger charge is 2.38. The Morgan fingerprint density at radius 1 is 1.29 bits per heavy atom. The van der Waals surface area contributed by atoms with Gasteiger partial charge in [-0.05, 0) is 45.2 Å². The summed E-state index contributed by atoms with van der Waals surface area (Å²) in [4.78, 5) is 19.3. The fourth-order valence-electron chi connectivity index (χ4n) is 3.95. The molecular weight excluding hydrogens is 380 g/mol. The van der Waals surface area contributed by atoms with Crippen LogP contribution in [-0.4, -0.2) is 67.3 Å². The van der Waals surface area contributed by atoms with Gasteiger partial charge in [0.1, 0.15) is 11.9 Å². The predicted molar refractivity (Wildman–Crippen MR) is 109 cm³/mol. The molecule has 3 atom stereocenters. The summed E-state index contributed by atoms with van der Waals surface area (Å²) in [5, 5.41) is 2.82. The van der Waals surface area contributed by atoms with Gasteiger partial charge in [0.05, 0.1) is 29.8 Å². The van der Waals surface area contributed by atoms with Gasteiger partial charge in [-0.2, -0.15) is 4.31 Å². The Balaban J connectivity index is 1.64. The Morgan fingerprint density at radius 2 is 2.00 bits per heavy atom.